The van der Waals surface area contributed by atoms with Crippen LogP contribution in [0.25, 0.3) is 0 Å². The van der Waals surface area contributed by atoms with Gasteiger partial charge < -0.3 is 10.1 Å². The van der Waals surface area contributed by atoms with Gasteiger partial charge in [0, 0.05) is 0 Å². The summed E-state index contributed by atoms with van der Waals surface area (Å²) in [6.45, 7) is 2.08. The number of methoxy groups -OCH3 is 1. The quantitative estimate of drug-likeness (QED) is 0.900. The monoisotopic (exact) mass is 320 g/mol. The van der Waals surface area contributed by atoms with Crippen molar-refractivity contribution in [2.24, 2.45) is 0 Å². The second-order valence-corrected chi connectivity index (χ2v) is 6.85. The van der Waals surface area contributed by atoms with E-state index in [9.17, 15) is 4.79 Å². The number of nitriles is 1. The molecule has 1 aromatic rings. The Balaban J connectivity index is 2.22. The van der Waals surface area contributed by atoms with E-state index in [0.29, 0.717) is 0 Å². The summed E-state index contributed by atoms with van der Waals surface area (Å²) in [5.41, 5.74) is 1.21. The fourth-order valence-corrected chi connectivity index (χ4v) is 4.22. The minimum absolute atomic E-state index is 0.167. The third-order valence-corrected chi connectivity index (χ3v) is 5.65. The molecule has 1 aliphatic rings. The van der Waals surface area contributed by atoms with Crippen LogP contribution in [0.1, 0.15) is 24.3 Å². The van der Waals surface area contributed by atoms with E-state index in [0.717, 1.165) is 27.7 Å². The molecule has 0 aromatic heterocycles. The first kappa shape index (κ1) is 15.8. The number of rotatable bonds is 5. The van der Waals surface area contributed by atoms with Gasteiger partial charge in [0.25, 0.3) is 5.91 Å². The van der Waals surface area contributed by atoms with Gasteiger partial charge in [-0.05, 0) is 29.9 Å². The van der Waals surface area contributed by atoms with Gasteiger partial charge in [-0.3, -0.25) is 4.79 Å². The first-order valence-corrected chi connectivity index (χ1v) is 8.44. The van der Waals surface area contributed by atoms with Crippen LogP contribution in [0.2, 0.25) is 0 Å². The molecule has 0 saturated heterocycles. The Morgan fingerprint density at radius 2 is 2.14 bits per heavy atom. The number of carbonyl (C=O) groups excluding carboxylic acids is 1. The Hall–Kier alpha value is -1.58. The van der Waals surface area contributed by atoms with Gasteiger partial charge in [-0.25, -0.2) is 0 Å². The van der Waals surface area contributed by atoms with Crippen molar-refractivity contribution < 1.29 is 9.53 Å². The molecule has 1 unspecified atom stereocenters. The highest BCUT2D eigenvalue weighted by Crippen LogP contribution is 2.43. The summed E-state index contributed by atoms with van der Waals surface area (Å²) in [7, 11) is 1.62. The van der Waals surface area contributed by atoms with Crippen molar-refractivity contribution in [3.8, 4) is 11.8 Å². The summed E-state index contributed by atoms with van der Waals surface area (Å²) >= 11 is 3.10. The SMILES string of the molecule is CCCSC1=C(C#N)C(=O)NC(c2ccc(OC)cc2)S1. The van der Waals surface area contributed by atoms with Crippen molar-refractivity contribution >= 4 is 29.4 Å². The number of carbonyl (C=O) groups is 1. The van der Waals surface area contributed by atoms with Crippen LogP contribution in [0.3, 0.4) is 0 Å². The molecule has 21 heavy (non-hydrogen) atoms. The molecule has 4 nitrogen and oxygen atoms in total. The Kier molecular flexibility index (Phi) is 5.59. The maximum absolute atomic E-state index is 12.1. The maximum atomic E-state index is 12.1. The number of ether oxygens (including phenoxy) is 1. The van der Waals surface area contributed by atoms with Crippen molar-refractivity contribution in [3.05, 3.63) is 39.6 Å². The Labute approximate surface area is 132 Å². The molecule has 1 aliphatic heterocycles. The van der Waals surface area contributed by atoms with Gasteiger partial charge in [-0.2, -0.15) is 5.26 Å². The number of amides is 1. The van der Waals surface area contributed by atoms with Crippen LogP contribution in [-0.4, -0.2) is 18.8 Å². The third kappa shape index (κ3) is 3.74. The van der Waals surface area contributed by atoms with Crippen molar-refractivity contribution in [2.45, 2.75) is 18.7 Å². The van der Waals surface area contributed by atoms with Gasteiger partial charge in [0.05, 0.1) is 11.3 Å². The van der Waals surface area contributed by atoms with Gasteiger partial charge in [-0.15, -0.1) is 11.8 Å². The molecular formula is C15H16N2O2S2. The molecule has 1 aromatic carbocycles. The molecule has 2 rings (SSSR count). The number of benzene rings is 1. The lowest BCUT2D eigenvalue weighted by atomic mass is 10.2. The number of hydrogen-bond donors (Lipinski definition) is 1. The number of nitrogens with zero attached hydrogens (tertiary/aromatic N) is 1. The van der Waals surface area contributed by atoms with Gasteiger partial charge in [-0.1, -0.05) is 30.8 Å². The number of hydrogen-bond acceptors (Lipinski definition) is 5. The van der Waals surface area contributed by atoms with Crippen LogP contribution in [0.15, 0.2) is 34.1 Å². The van der Waals surface area contributed by atoms with Crippen LogP contribution in [0.5, 0.6) is 5.75 Å². The summed E-state index contributed by atoms with van der Waals surface area (Å²) < 4.78 is 5.94. The Morgan fingerprint density at radius 3 is 2.71 bits per heavy atom. The lowest BCUT2D eigenvalue weighted by molar-refractivity contribution is -0.117. The lowest BCUT2D eigenvalue weighted by Crippen LogP contribution is -2.31. The minimum atomic E-state index is -0.296. The molecule has 1 N–H and O–H groups in total. The van der Waals surface area contributed by atoms with Crippen molar-refractivity contribution in [1.29, 1.82) is 5.26 Å². The van der Waals surface area contributed by atoms with E-state index in [1.807, 2.05) is 30.3 Å². The topological polar surface area (TPSA) is 62.1 Å². The van der Waals surface area contributed by atoms with Crippen LogP contribution < -0.4 is 10.1 Å². The molecule has 6 heteroatoms. The summed E-state index contributed by atoms with van der Waals surface area (Å²) in [5.74, 6) is 1.38. The number of thioether (sulfide) groups is 2. The van der Waals surface area contributed by atoms with E-state index < -0.39 is 0 Å². The van der Waals surface area contributed by atoms with E-state index in [-0.39, 0.29) is 16.9 Å². The van der Waals surface area contributed by atoms with Crippen LogP contribution in [0.4, 0.5) is 0 Å². The minimum Gasteiger partial charge on any atom is -0.497 e. The standard InChI is InChI=1S/C15H16N2O2S2/c1-3-8-20-15-12(9-16)13(18)17-14(21-15)10-4-6-11(19-2)7-5-10/h4-7,14H,3,8H2,1-2H3,(H,17,18). The smallest absolute Gasteiger partial charge is 0.264 e. The largest absolute Gasteiger partial charge is 0.497 e. The van der Waals surface area contributed by atoms with Gasteiger partial charge >= 0.3 is 0 Å². The molecule has 0 fully saturated rings. The predicted octanol–water partition coefficient (Wildman–Crippen LogP) is 3.44. The maximum Gasteiger partial charge on any atom is 0.264 e. The molecule has 0 spiro atoms. The summed E-state index contributed by atoms with van der Waals surface area (Å²) in [6, 6.07) is 9.59. The van der Waals surface area contributed by atoms with Crippen molar-refractivity contribution in [3.63, 3.8) is 0 Å². The fourth-order valence-electron chi connectivity index (χ4n) is 1.81. The normalized spacial score (nSPS) is 18.1. The van der Waals surface area contributed by atoms with E-state index in [1.54, 1.807) is 18.9 Å². The zero-order valence-corrected chi connectivity index (χ0v) is 13.5. The lowest BCUT2D eigenvalue weighted by Gasteiger charge is -2.25. The molecule has 0 saturated carbocycles. The van der Waals surface area contributed by atoms with E-state index in [1.165, 1.54) is 11.8 Å². The van der Waals surface area contributed by atoms with Gasteiger partial charge in [0.2, 0.25) is 0 Å². The highest BCUT2D eigenvalue weighted by atomic mass is 32.2. The second kappa shape index (κ2) is 7.43. The average molecular weight is 320 g/mol. The highest BCUT2D eigenvalue weighted by Gasteiger charge is 2.28. The molecule has 0 aliphatic carbocycles. The van der Waals surface area contributed by atoms with Crippen LogP contribution in [-0.2, 0) is 4.79 Å². The second-order valence-electron chi connectivity index (χ2n) is 4.37. The van der Waals surface area contributed by atoms with E-state index in [2.05, 4.69) is 12.2 Å². The van der Waals surface area contributed by atoms with Crippen molar-refractivity contribution in [2.75, 3.05) is 12.9 Å². The first-order chi connectivity index (χ1) is 10.2. The molecule has 0 bridgehead atoms. The highest BCUT2D eigenvalue weighted by molar-refractivity contribution is 8.22. The summed E-state index contributed by atoms with van der Waals surface area (Å²) in [5, 5.41) is 11.8. The zero-order valence-electron chi connectivity index (χ0n) is 11.9. The Morgan fingerprint density at radius 1 is 1.43 bits per heavy atom. The van der Waals surface area contributed by atoms with E-state index in [4.69, 9.17) is 10.00 Å². The molecule has 0 radical (unpaired) electrons. The predicted molar refractivity (Wildman–Crippen MR) is 86.9 cm³/mol. The van der Waals surface area contributed by atoms with E-state index >= 15 is 0 Å². The molecular weight excluding hydrogens is 304 g/mol. The Bertz CT molecular complexity index is 591. The molecule has 1 atom stereocenters. The van der Waals surface area contributed by atoms with Crippen LogP contribution >= 0.6 is 23.5 Å². The zero-order chi connectivity index (χ0) is 15.2. The average Bonchev–Trinajstić information content (AvgIpc) is 2.52. The molecule has 1 heterocycles. The number of nitrogens with one attached hydrogen (secondary N) is 1. The van der Waals surface area contributed by atoms with Crippen molar-refractivity contribution in [1.82, 2.24) is 5.32 Å². The molecule has 110 valence electrons. The first-order valence-electron chi connectivity index (χ1n) is 6.58. The fraction of sp³-hybridized carbons (Fsp3) is 0.333. The van der Waals surface area contributed by atoms with Crippen LogP contribution in [0, 0.1) is 11.3 Å². The summed E-state index contributed by atoms with van der Waals surface area (Å²) in [6.07, 6.45) is 1.00. The summed E-state index contributed by atoms with van der Waals surface area (Å²) in [4.78, 5) is 12.1. The molecule has 1 amide bonds. The van der Waals surface area contributed by atoms with Gasteiger partial charge in [0.15, 0.2) is 0 Å². The third-order valence-electron chi connectivity index (χ3n) is 2.89. The van der Waals surface area contributed by atoms with Gasteiger partial charge in [0.1, 0.15) is 22.8 Å².